The molecule has 1 aromatic carbocycles. The number of aromatic nitrogens is 2. The molecule has 0 fully saturated rings. The van der Waals surface area contributed by atoms with Gasteiger partial charge in [0.1, 0.15) is 0 Å². The maximum Gasteiger partial charge on any atom is 0.240 e. The molecule has 120 valence electrons. The molecule has 0 aliphatic rings. The van der Waals surface area contributed by atoms with E-state index in [1.165, 1.54) is 0 Å². The summed E-state index contributed by atoms with van der Waals surface area (Å²) in [4.78, 5) is 0.304. The van der Waals surface area contributed by atoms with E-state index >= 15 is 0 Å². The zero-order chi connectivity index (χ0) is 16.3. The molecule has 0 unspecified atom stereocenters. The van der Waals surface area contributed by atoms with Crippen LogP contribution in [0.25, 0.3) is 0 Å². The molecule has 2 rings (SSSR count). The third-order valence-corrected chi connectivity index (χ3v) is 5.64. The van der Waals surface area contributed by atoms with Crippen LogP contribution >= 0.6 is 11.8 Å². The highest BCUT2D eigenvalue weighted by Crippen LogP contribution is 2.17. The molecule has 1 heterocycles. The number of sulfonamides is 1. The molecule has 0 aliphatic carbocycles. The van der Waals surface area contributed by atoms with Crippen molar-refractivity contribution in [2.24, 2.45) is 7.05 Å². The summed E-state index contributed by atoms with van der Waals surface area (Å²) >= 11 is 1.66. The highest BCUT2D eigenvalue weighted by atomic mass is 32.2. The number of thioether (sulfide) groups is 1. The minimum absolute atomic E-state index is 0.251. The van der Waals surface area contributed by atoms with Gasteiger partial charge in [-0.3, -0.25) is 4.68 Å². The molecule has 1 N–H and O–H groups in total. The largest absolute Gasteiger partial charge is 0.272 e. The fourth-order valence-corrected chi connectivity index (χ4v) is 3.87. The molecule has 22 heavy (non-hydrogen) atoms. The van der Waals surface area contributed by atoms with Crippen LogP contribution in [0.5, 0.6) is 0 Å². The van der Waals surface area contributed by atoms with Crippen molar-refractivity contribution >= 4 is 21.8 Å². The summed E-state index contributed by atoms with van der Waals surface area (Å²) in [6.45, 7) is 4.07. The third-order valence-electron chi connectivity index (χ3n) is 3.62. The quantitative estimate of drug-likeness (QED) is 0.878. The van der Waals surface area contributed by atoms with Gasteiger partial charge in [0.05, 0.1) is 10.6 Å². The highest BCUT2D eigenvalue weighted by Gasteiger charge is 2.17. The van der Waals surface area contributed by atoms with Crippen molar-refractivity contribution < 1.29 is 8.42 Å². The van der Waals surface area contributed by atoms with Crippen molar-refractivity contribution in [2.45, 2.75) is 31.0 Å². The van der Waals surface area contributed by atoms with Gasteiger partial charge in [0.2, 0.25) is 10.0 Å². The number of rotatable bonds is 6. The molecule has 2 aromatic rings. The van der Waals surface area contributed by atoms with E-state index in [2.05, 4.69) is 9.82 Å². The van der Waals surface area contributed by atoms with Crippen molar-refractivity contribution in [3.8, 4) is 0 Å². The highest BCUT2D eigenvalue weighted by molar-refractivity contribution is 7.97. The predicted octanol–water partition coefficient (Wildman–Crippen LogP) is 2.38. The van der Waals surface area contributed by atoms with Gasteiger partial charge in [0.15, 0.2) is 0 Å². The number of aryl methyl sites for hydroxylation is 2. The summed E-state index contributed by atoms with van der Waals surface area (Å²) in [5.74, 6) is 0.796. The molecule has 1 aromatic heterocycles. The van der Waals surface area contributed by atoms with Crippen LogP contribution in [0.4, 0.5) is 0 Å². The number of hydrogen-bond donors (Lipinski definition) is 1. The Balaban J connectivity index is 2.19. The number of nitrogens with one attached hydrogen (secondary N) is 1. The second-order valence-corrected chi connectivity index (χ2v) is 7.81. The van der Waals surface area contributed by atoms with Gasteiger partial charge >= 0.3 is 0 Å². The maximum absolute atomic E-state index is 12.4. The summed E-state index contributed by atoms with van der Waals surface area (Å²) in [5.41, 5.74) is 3.74. The molecule has 5 nitrogen and oxygen atoms in total. The monoisotopic (exact) mass is 339 g/mol. The normalized spacial score (nSPS) is 11.8. The summed E-state index contributed by atoms with van der Waals surface area (Å²) in [6, 6.07) is 7.06. The van der Waals surface area contributed by atoms with E-state index in [1.54, 1.807) is 34.6 Å². The lowest BCUT2D eigenvalue weighted by molar-refractivity contribution is 0.581. The number of benzene rings is 1. The number of hydrogen-bond acceptors (Lipinski definition) is 4. The Labute approximate surface area is 136 Å². The summed E-state index contributed by atoms with van der Waals surface area (Å²) in [5, 5.41) is 4.30. The van der Waals surface area contributed by atoms with E-state index in [0.29, 0.717) is 4.90 Å². The predicted molar refractivity (Wildman–Crippen MR) is 90.4 cm³/mol. The molecule has 7 heteroatoms. The number of nitrogens with zero attached hydrogens (tertiary/aromatic N) is 2. The summed E-state index contributed by atoms with van der Waals surface area (Å²) in [7, 11) is -1.67. The third kappa shape index (κ3) is 3.71. The standard InChI is InChI=1S/C15H21N3O2S2/c1-11-15(12(2)18(3)17-11)9-16-22(19,20)14-7-5-6-13(8-14)10-21-4/h5-8,16H,9-10H2,1-4H3. The Morgan fingerprint density at radius 1 is 1.32 bits per heavy atom. The van der Waals surface area contributed by atoms with E-state index in [9.17, 15) is 8.42 Å². The van der Waals surface area contributed by atoms with Gasteiger partial charge in [-0.15, -0.1) is 0 Å². The Bertz CT molecular complexity index is 767. The maximum atomic E-state index is 12.4. The first-order valence-electron chi connectivity index (χ1n) is 6.91. The van der Waals surface area contributed by atoms with Crippen LogP contribution in [0, 0.1) is 13.8 Å². The minimum Gasteiger partial charge on any atom is -0.272 e. The second kappa shape index (κ2) is 6.85. The van der Waals surface area contributed by atoms with Crippen LogP contribution in [0.2, 0.25) is 0 Å². The van der Waals surface area contributed by atoms with Gasteiger partial charge < -0.3 is 0 Å². The van der Waals surface area contributed by atoms with E-state index in [-0.39, 0.29) is 6.54 Å². The van der Waals surface area contributed by atoms with Crippen LogP contribution < -0.4 is 4.72 Å². The molecule has 0 aliphatic heterocycles. The second-order valence-electron chi connectivity index (χ2n) is 5.18. The zero-order valence-electron chi connectivity index (χ0n) is 13.3. The van der Waals surface area contributed by atoms with E-state index < -0.39 is 10.0 Å². The average molecular weight is 339 g/mol. The van der Waals surface area contributed by atoms with Crippen molar-refractivity contribution in [1.82, 2.24) is 14.5 Å². The van der Waals surface area contributed by atoms with Crippen LogP contribution in [-0.4, -0.2) is 24.5 Å². The van der Waals surface area contributed by atoms with Crippen LogP contribution in [-0.2, 0) is 29.4 Å². The van der Waals surface area contributed by atoms with Gasteiger partial charge in [0, 0.05) is 30.6 Å². The van der Waals surface area contributed by atoms with Crippen LogP contribution in [0.1, 0.15) is 22.5 Å². The molecule has 0 saturated carbocycles. The zero-order valence-corrected chi connectivity index (χ0v) is 14.9. The lowest BCUT2D eigenvalue weighted by Crippen LogP contribution is -2.24. The van der Waals surface area contributed by atoms with Gasteiger partial charge in [-0.1, -0.05) is 12.1 Å². The first-order chi connectivity index (χ1) is 10.3. The molecular weight excluding hydrogens is 318 g/mol. The molecule has 0 saturated heterocycles. The Morgan fingerprint density at radius 2 is 2.05 bits per heavy atom. The fraction of sp³-hybridized carbons (Fsp3) is 0.400. The topological polar surface area (TPSA) is 64.0 Å². The van der Waals surface area contributed by atoms with Crippen LogP contribution in [0.15, 0.2) is 29.2 Å². The van der Waals surface area contributed by atoms with Gasteiger partial charge in [-0.25, -0.2) is 13.1 Å². The van der Waals surface area contributed by atoms with E-state index in [0.717, 1.165) is 28.3 Å². The minimum atomic E-state index is -3.52. The van der Waals surface area contributed by atoms with Crippen molar-refractivity contribution in [1.29, 1.82) is 0 Å². The fourth-order valence-electron chi connectivity index (χ4n) is 2.29. The summed E-state index contributed by atoms with van der Waals surface area (Å²) in [6.07, 6.45) is 1.99. The molecule has 0 bridgehead atoms. The molecule has 0 amide bonds. The first kappa shape index (κ1) is 17.1. The Hall–Kier alpha value is -1.31. The first-order valence-corrected chi connectivity index (χ1v) is 9.79. The summed E-state index contributed by atoms with van der Waals surface area (Å²) < 4.78 is 29.3. The van der Waals surface area contributed by atoms with Crippen molar-refractivity contribution in [2.75, 3.05) is 6.26 Å². The molecule has 0 spiro atoms. The van der Waals surface area contributed by atoms with Crippen molar-refractivity contribution in [3.05, 3.63) is 46.8 Å². The van der Waals surface area contributed by atoms with Crippen LogP contribution in [0.3, 0.4) is 0 Å². The smallest absolute Gasteiger partial charge is 0.240 e. The van der Waals surface area contributed by atoms with Crippen molar-refractivity contribution in [3.63, 3.8) is 0 Å². The Kier molecular flexibility index (Phi) is 5.31. The van der Waals surface area contributed by atoms with E-state index in [4.69, 9.17) is 0 Å². The Morgan fingerprint density at radius 3 is 2.64 bits per heavy atom. The average Bonchev–Trinajstić information content (AvgIpc) is 2.71. The lowest BCUT2D eigenvalue weighted by atomic mass is 10.2. The van der Waals surface area contributed by atoms with Gasteiger partial charge in [0.25, 0.3) is 0 Å². The van der Waals surface area contributed by atoms with E-state index in [1.807, 2.05) is 33.2 Å². The SMILES string of the molecule is CSCc1cccc(S(=O)(=O)NCc2c(C)nn(C)c2C)c1. The molecule has 0 radical (unpaired) electrons. The molecular formula is C15H21N3O2S2. The molecule has 0 atom stereocenters. The van der Waals surface area contributed by atoms with Gasteiger partial charge in [-0.2, -0.15) is 16.9 Å². The lowest BCUT2D eigenvalue weighted by Gasteiger charge is -2.08. The van der Waals surface area contributed by atoms with Gasteiger partial charge in [-0.05, 0) is 37.8 Å².